The van der Waals surface area contributed by atoms with Crippen molar-refractivity contribution in [3.8, 4) is 0 Å². The van der Waals surface area contributed by atoms with E-state index in [0.29, 0.717) is 17.7 Å². The van der Waals surface area contributed by atoms with Gasteiger partial charge in [0.25, 0.3) is 5.91 Å². The first-order chi connectivity index (χ1) is 9.66. The molecule has 1 amide bonds. The quantitative estimate of drug-likeness (QED) is 0.862. The zero-order chi connectivity index (χ0) is 14.1. The lowest BCUT2D eigenvalue weighted by Gasteiger charge is -2.07. The number of hydrogen-bond acceptors (Lipinski definition) is 3. The number of thiophene rings is 1. The number of nitrogens with one attached hydrogen (secondary N) is 1. The second-order valence-electron chi connectivity index (χ2n) is 4.99. The number of carbonyl (C=O) groups is 2. The van der Waals surface area contributed by atoms with Gasteiger partial charge in [0.15, 0.2) is 0 Å². The SMILES string of the molecule is Cc1ccsc1C(=O)c1ccc2c(c1)C(=O)NCCC2. The number of fused-ring (bicyclic) bond motifs is 1. The third kappa shape index (κ3) is 2.27. The van der Waals surface area contributed by atoms with Gasteiger partial charge in [-0.15, -0.1) is 11.3 Å². The minimum atomic E-state index is -0.0740. The highest BCUT2D eigenvalue weighted by Gasteiger charge is 2.19. The van der Waals surface area contributed by atoms with Gasteiger partial charge in [0.05, 0.1) is 4.88 Å². The lowest BCUT2D eigenvalue weighted by molar-refractivity contribution is 0.0956. The van der Waals surface area contributed by atoms with Crippen LogP contribution in [0.25, 0.3) is 0 Å². The van der Waals surface area contributed by atoms with Gasteiger partial charge in [-0.2, -0.15) is 0 Å². The molecule has 1 aliphatic heterocycles. The van der Waals surface area contributed by atoms with Crippen molar-refractivity contribution in [2.75, 3.05) is 6.54 Å². The van der Waals surface area contributed by atoms with Crippen LogP contribution in [0.1, 0.15) is 43.1 Å². The lowest BCUT2D eigenvalue weighted by atomic mass is 9.98. The van der Waals surface area contributed by atoms with Crippen molar-refractivity contribution in [3.63, 3.8) is 0 Å². The van der Waals surface area contributed by atoms with Crippen molar-refractivity contribution in [1.29, 1.82) is 0 Å². The smallest absolute Gasteiger partial charge is 0.251 e. The summed E-state index contributed by atoms with van der Waals surface area (Å²) in [7, 11) is 0. The Kier molecular flexibility index (Phi) is 3.40. The second-order valence-corrected chi connectivity index (χ2v) is 5.91. The van der Waals surface area contributed by atoms with Gasteiger partial charge in [0, 0.05) is 17.7 Å². The summed E-state index contributed by atoms with van der Waals surface area (Å²) in [5.41, 5.74) is 3.24. The fourth-order valence-corrected chi connectivity index (χ4v) is 3.35. The van der Waals surface area contributed by atoms with E-state index in [0.717, 1.165) is 28.8 Å². The number of amides is 1. The van der Waals surface area contributed by atoms with Crippen molar-refractivity contribution < 1.29 is 9.59 Å². The lowest BCUT2D eigenvalue weighted by Crippen LogP contribution is -2.22. The van der Waals surface area contributed by atoms with Crippen LogP contribution in [-0.2, 0) is 6.42 Å². The molecule has 3 nitrogen and oxygen atoms in total. The summed E-state index contributed by atoms with van der Waals surface area (Å²) < 4.78 is 0. The summed E-state index contributed by atoms with van der Waals surface area (Å²) in [5.74, 6) is -0.0765. The normalized spacial score (nSPS) is 14.3. The van der Waals surface area contributed by atoms with Gasteiger partial charge < -0.3 is 5.32 Å². The molecule has 0 saturated heterocycles. The van der Waals surface area contributed by atoms with Crippen molar-refractivity contribution >= 4 is 23.0 Å². The zero-order valence-corrected chi connectivity index (χ0v) is 12.0. The molecule has 102 valence electrons. The third-order valence-corrected chi connectivity index (χ3v) is 4.61. The number of aryl methyl sites for hydroxylation is 2. The van der Waals surface area contributed by atoms with Crippen molar-refractivity contribution in [1.82, 2.24) is 5.32 Å². The molecule has 1 aromatic carbocycles. The molecule has 2 heterocycles. The summed E-state index contributed by atoms with van der Waals surface area (Å²) >= 11 is 1.44. The van der Waals surface area contributed by atoms with E-state index in [1.165, 1.54) is 11.3 Å². The second kappa shape index (κ2) is 5.21. The van der Waals surface area contributed by atoms with Crippen LogP contribution >= 0.6 is 11.3 Å². The summed E-state index contributed by atoms with van der Waals surface area (Å²) in [6.07, 6.45) is 1.82. The largest absolute Gasteiger partial charge is 0.352 e. The van der Waals surface area contributed by atoms with Gasteiger partial charge in [0.1, 0.15) is 0 Å². The van der Waals surface area contributed by atoms with E-state index >= 15 is 0 Å². The van der Waals surface area contributed by atoms with Crippen LogP contribution in [0, 0.1) is 6.92 Å². The van der Waals surface area contributed by atoms with Gasteiger partial charge in [-0.3, -0.25) is 9.59 Å². The predicted octanol–water partition coefficient (Wildman–Crippen LogP) is 2.96. The van der Waals surface area contributed by atoms with E-state index in [1.54, 1.807) is 6.07 Å². The standard InChI is InChI=1S/C16H15NO2S/c1-10-6-8-20-15(10)14(18)12-5-4-11-3-2-7-17-16(19)13(11)9-12/h4-6,8-9H,2-3,7H2,1H3,(H,17,19). The predicted molar refractivity (Wildman–Crippen MR) is 79.6 cm³/mol. The van der Waals surface area contributed by atoms with Crippen molar-refractivity contribution in [2.45, 2.75) is 19.8 Å². The Balaban J connectivity index is 2.02. The molecule has 0 spiro atoms. The fourth-order valence-electron chi connectivity index (χ4n) is 2.46. The maximum Gasteiger partial charge on any atom is 0.251 e. The molecule has 0 fully saturated rings. The number of hydrogen-bond donors (Lipinski definition) is 1. The molecule has 1 N–H and O–H groups in total. The molecule has 1 aromatic heterocycles. The Labute approximate surface area is 121 Å². The number of carbonyl (C=O) groups excluding carboxylic acids is 2. The number of ketones is 1. The maximum absolute atomic E-state index is 12.5. The monoisotopic (exact) mass is 285 g/mol. The maximum atomic E-state index is 12.5. The van der Waals surface area contributed by atoms with Crippen molar-refractivity contribution in [2.24, 2.45) is 0 Å². The minimum Gasteiger partial charge on any atom is -0.352 e. The first-order valence-electron chi connectivity index (χ1n) is 6.67. The fraction of sp³-hybridized carbons (Fsp3) is 0.250. The number of benzene rings is 1. The highest BCUT2D eigenvalue weighted by molar-refractivity contribution is 7.12. The molecular formula is C16H15NO2S. The summed E-state index contributed by atoms with van der Waals surface area (Å²) in [6, 6.07) is 7.42. The van der Waals surface area contributed by atoms with Gasteiger partial charge in [-0.05, 0) is 48.4 Å². The van der Waals surface area contributed by atoms with Crippen LogP contribution < -0.4 is 5.32 Å². The molecule has 0 saturated carbocycles. The molecule has 4 heteroatoms. The van der Waals surface area contributed by atoms with Gasteiger partial charge in [-0.25, -0.2) is 0 Å². The first kappa shape index (κ1) is 13.1. The Hall–Kier alpha value is -1.94. The first-order valence-corrected chi connectivity index (χ1v) is 7.54. The molecule has 1 aliphatic rings. The van der Waals surface area contributed by atoms with E-state index in [1.807, 2.05) is 30.5 Å². The van der Waals surface area contributed by atoms with Crippen LogP contribution in [0.4, 0.5) is 0 Å². The Bertz CT molecular complexity index is 688. The van der Waals surface area contributed by atoms with E-state index in [9.17, 15) is 9.59 Å². The zero-order valence-electron chi connectivity index (χ0n) is 11.2. The van der Waals surface area contributed by atoms with Crippen LogP contribution in [0.5, 0.6) is 0 Å². The summed E-state index contributed by atoms with van der Waals surface area (Å²) in [5, 5.41) is 4.78. The number of rotatable bonds is 2. The Morgan fingerprint density at radius 1 is 1.30 bits per heavy atom. The molecule has 0 unspecified atom stereocenters. The van der Waals surface area contributed by atoms with E-state index < -0.39 is 0 Å². The molecule has 0 aliphatic carbocycles. The van der Waals surface area contributed by atoms with Crippen LogP contribution in [-0.4, -0.2) is 18.2 Å². The molecule has 20 heavy (non-hydrogen) atoms. The average Bonchev–Trinajstić information content (AvgIpc) is 2.79. The minimum absolute atomic E-state index is 0.00246. The molecule has 3 rings (SSSR count). The van der Waals surface area contributed by atoms with Crippen molar-refractivity contribution in [3.05, 3.63) is 56.8 Å². The highest BCUT2D eigenvalue weighted by Crippen LogP contribution is 2.23. The highest BCUT2D eigenvalue weighted by atomic mass is 32.1. The topological polar surface area (TPSA) is 46.2 Å². The third-order valence-electron chi connectivity index (χ3n) is 3.59. The molecule has 2 aromatic rings. The van der Waals surface area contributed by atoms with Gasteiger partial charge >= 0.3 is 0 Å². The Morgan fingerprint density at radius 2 is 2.15 bits per heavy atom. The van der Waals surface area contributed by atoms with Gasteiger partial charge in [0.2, 0.25) is 5.78 Å². The average molecular weight is 285 g/mol. The molecule has 0 atom stereocenters. The molecule has 0 bridgehead atoms. The summed E-state index contributed by atoms with van der Waals surface area (Å²) in [6.45, 7) is 2.63. The summed E-state index contributed by atoms with van der Waals surface area (Å²) in [4.78, 5) is 25.2. The van der Waals surface area contributed by atoms with E-state index in [-0.39, 0.29) is 11.7 Å². The van der Waals surface area contributed by atoms with Crippen LogP contribution in [0.15, 0.2) is 29.6 Å². The van der Waals surface area contributed by atoms with Crippen LogP contribution in [0.3, 0.4) is 0 Å². The van der Waals surface area contributed by atoms with Gasteiger partial charge in [-0.1, -0.05) is 12.1 Å². The molecular weight excluding hydrogens is 270 g/mol. The van der Waals surface area contributed by atoms with Crippen LogP contribution in [0.2, 0.25) is 0 Å². The van der Waals surface area contributed by atoms with E-state index in [2.05, 4.69) is 5.32 Å². The Morgan fingerprint density at radius 3 is 2.90 bits per heavy atom. The van der Waals surface area contributed by atoms with E-state index in [4.69, 9.17) is 0 Å². The molecule has 0 radical (unpaired) electrons.